The van der Waals surface area contributed by atoms with E-state index in [1.54, 1.807) is 0 Å². The summed E-state index contributed by atoms with van der Waals surface area (Å²) in [6.07, 6.45) is 5.16. The molecule has 5 nitrogen and oxygen atoms in total. The maximum Gasteiger partial charge on any atom is 0.453 e. The van der Waals surface area contributed by atoms with Gasteiger partial charge in [0.25, 0.3) is 0 Å². The lowest BCUT2D eigenvalue weighted by molar-refractivity contribution is -0.284. The summed E-state index contributed by atoms with van der Waals surface area (Å²) in [5.74, 6) is -2.00. The molecule has 284 valence electrons. The third-order valence-electron chi connectivity index (χ3n) is 13.4. The molecule has 0 bridgehead atoms. The zero-order chi connectivity index (χ0) is 36.4. The molecule has 4 aliphatic carbocycles. The molecule has 0 unspecified atom stereocenters. The van der Waals surface area contributed by atoms with Crippen molar-refractivity contribution >= 4 is 15.6 Å². The molecule has 0 aliphatic heterocycles. The minimum absolute atomic E-state index is 0.0720. The van der Waals surface area contributed by atoms with Crippen LogP contribution in [0.3, 0.4) is 0 Å². The third-order valence-corrected chi connectivity index (χ3v) is 15.2. The number of halogens is 5. The lowest BCUT2D eigenvalue weighted by Crippen LogP contribution is -2.56. The number of aliphatic hydroxyl groups is 1. The molecule has 8 atom stereocenters. The largest absolute Gasteiger partial charge is 0.494 e. The molecule has 50 heavy (non-hydrogen) atoms. The van der Waals surface area contributed by atoms with Gasteiger partial charge in [0.2, 0.25) is 0 Å². The van der Waals surface area contributed by atoms with E-state index in [0.29, 0.717) is 61.2 Å². The van der Waals surface area contributed by atoms with Crippen LogP contribution in [-0.4, -0.2) is 55.6 Å². The first-order chi connectivity index (χ1) is 23.5. The highest BCUT2D eigenvalue weighted by atomic mass is 32.2. The minimum Gasteiger partial charge on any atom is -0.494 e. The van der Waals surface area contributed by atoms with E-state index in [1.165, 1.54) is 5.56 Å². The van der Waals surface area contributed by atoms with Gasteiger partial charge >= 0.3 is 12.1 Å². The van der Waals surface area contributed by atoms with Crippen molar-refractivity contribution in [2.75, 3.05) is 18.1 Å². The summed E-state index contributed by atoms with van der Waals surface area (Å²) in [5.41, 5.74) is 1.40. The number of unbranched alkanes of at least 4 members (excludes halogenated alkanes) is 6. The van der Waals surface area contributed by atoms with Crippen LogP contribution in [0.2, 0.25) is 0 Å². The van der Waals surface area contributed by atoms with Gasteiger partial charge in [0.05, 0.1) is 24.2 Å². The van der Waals surface area contributed by atoms with Crippen LogP contribution in [0.15, 0.2) is 24.3 Å². The molecular weight excluding hydrogens is 675 g/mol. The van der Waals surface area contributed by atoms with Gasteiger partial charge in [-0.15, -0.1) is 0 Å². The van der Waals surface area contributed by atoms with Crippen LogP contribution >= 0.6 is 0 Å². The van der Waals surface area contributed by atoms with Crippen molar-refractivity contribution < 1.29 is 45.0 Å². The van der Waals surface area contributed by atoms with E-state index in [2.05, 4.69) is 38.1 Å². The molecule has 4 saturated carbocycles. The second-order valence-corrected chi connectivity index (χ2v) is 18.9. The van der Waals surface area contributed by atoms with Gasteiger partial charge in [-0.3, -0.25) is 4.79 Å². The number of fused-ring (bicyclic) bond motifs is 5. The molecule has 5 rings (SSSR count). The Balaban J connectivity index is 1.03. The predicted octanol–water partition coefficient (Wildman–Crippen LogP) is 9.85. The Hall–Kier alpha value is -1.75. The van der Waals surface area contributed by atoms with E-state index in [4.69, 9.17) is 4.74 Å². The van der Waals surface area contributed by atoms with Gasteiger partial charge in [-0.25, -0.2) is 8.42 Å². The van der Waals surface area contributed by atoms with E-state index in [9.17, 15) is 40.3 Å². The summed E-state index contributed by atoms with van der Waals surface area (Å²) in [6, 6.07) is 8.60. The highest BCUT2D eigenvalue weighted by Crippen LogP contribution is 2.69. The van der Waals surface area contributed by atoms with Gasteiger partial charge < -0.3 is 9.84 Å². The molecule has 0 radical (unpaired) electrons. The zero-order valence-corrected chi connectivity index (χ0v) is 30.6. The first-order valence-corrected chi connectivity index (χ1v) is 20.9. The average Bonchev–Trinajstić information content (AvgIpc) is 3.35. The molecule has 1 aromatic carbocycles. The highest BCUT2D eigenvalue weighted by molar-refractivity contribution is 7.91. The average molecular weight is 733 g/mol. The van der Waals surface area contributed by atoms with Crippen LogP contribution < -0.4 is 4.74 Å². The maximum atomic E-state index is 13.0. The normalized spacial score (nSPS) is 33.1. The number of carbonyl (C=O) groups is 1. The van der Waals surface area contributed by atoms with Gasteiger partial charge in [-0.05, 0) is 116 Å². The van der Waals surface area contributed by atoms with E-state index in [-0.39, 0.29) is 22.7 Å². The standard InChI is InChI=1S/C39H57F5O5S/c1-36-21-19-29(45)25-28(36)13-16-31-33-17-18-34(46)37(33,2)26-32(35(31)36)27-11-14-30(15-12-27)49-22-8-6-4-3-5-7-9-23-50(47,48)24-10-20-38(40,41)39(42,43)44/h11-12,14-15,28,31-35,46H,3-10,13,16-26H2,1-2H3/t28-,31-,32+,33-,34-,35+,36-,37-/m0/s1. The van der Waals surface area contributed by atoms with Crippen LogP contribution in [-0.2, 0) is 14.6 Å². The fourth-order valence-corrected chi connectivity index (χ4v) is 12.0. The Kier molecular flexibility index (Phi) is 12.4. The molecule has 11 heteroatoms. The summed E-state index contributed by atoms with van der Waals surface area (Å²) >= 11 is 0. The molecule has 4 aliphatic rings. The Morgan fingerprint density at radius 3 is 2.16 bits per heavy atom. The van der Waals surface area contributed by atoms with Gasteiger partial charge in [-0.1, -0.05) is 58.1 Å². The van der Waals surface area contributed by atoms with Crippen molar-refractivity contribution in [3.8, 4) is 5.75 Å². The number of ketones is 1. The number of Topliss-reactive ketones (excluding diaryl/α,β-unsaturated/α-hetero) is 1. The van der Waals surface area contributed by atoms with Crippen molar-refractivity contribution in [1.29, 1.82) is 0 Å². The SMILES string of the molecule is C[C@]12CCC(=O)C[C@@H]1CC[C@@H]1[C@@H]2[C@@H](c2ccc(OCCCCCCCCCS(=O)(=O)CCCC(F)(F)C(F)(F)F)cc2)C[C@]2(C)[C@@H](O)CC[C@@H]12. The van der Waals surface area contributed by atoms with Crippen LogP contribution in [0, 0.1) is 34.5 Å². The van der Waals surface area contributed by atoms with Crippen molar-refractivity contribution in [2.24, 2.45) is 34.5 Å². The topological polar surface area (TPSA) is 80.7 Å². The summed E-state index contributed by atoms with van der Waals surface area (Å²) in [4.78, 5) is 12.5. The van der Waals surface area contributed by atoms with Crippen molar-refractivity contribution in [3.05, 3.63) is 29.8 Å². The van der Waals surface area contributed by atoms with E-state index in [1.807, 2.05) is 0 Å². The molecule has 0 heterocycles. The van der Waals surface area contributed by atoms with Gasteiger partial charge in [0.1, 0.15) is 21.4 Å². The van der Waals surface area contributed by atoms with Crippen molar-refractivity contribution in [2.45, 2.75) is 147 Å². The minimum atomic E-state index is -5.66. The van der Waals surface area contributed by atoms with Gasteiger partial charge in [-0.2, -0.15) is 22.0 Å². The number of ether oxygens (including phenoxy) is 1. The molecule has 1 N–H and O–H groups in total. The molecule has 0 aromatic heterocycles. The second-order valence-electron chi connectivity index (χ2n) is 16.6. The summed E-state index contributed by atoms with van der Waals surface area (Å²) < 4.78 is 92.9. The number of carbonyl (C=O) groups excluding carboxylic acids is 1. The number of rotatable bonds is 16. The summed E-state index contributed by atoms with van der Waals surface area (Å²) in [7, 11) is -3.65. The number of sulfone groups is 1. The maximum absolute atomic E-state index is 13.0. The Morgan fingerprint density at radius 1 is 0.840 bits per heavy atom. The molecular formula is C39H57F5O5S. The second kappa shape index (κ2) is 15.7. The number of benzene rings is 1. The van der Waals surface area contributed by atoms with Gasteiger partial charge in [0.15, 0.2) is 0 Å². The lowest BCUT2D eigenvalue weighted by atomic mass is 9.42. The molecule has 0 amide bonds. The first-order valence-electron chi connectivity index (χ1n) is 19.0. The molecule has 4 fully saturated rings. The molecule has 0 saturated heterocycles. The van der Waals surface area contributed by atoms with Crippen LogP contribution in [0.4, 0.5) is 22.0 Å². The molecule has 1 aromatic rings. The number of hydrogen-bond donors (Lipinski definition) is 1. The molecule has 0 spiro atoms. The predicted molar refractivity (Wildman–Crippen MR) is 184 cm³/mol. The highest BCUT2D eigenvalue weighted by Gasteiger charge is 2.63. The van der Waals surface area contributed by atoms with E-state index >= 15 is 0 Å². The van der Waals surface area contributed by atoms with Crippen molar-refractivity contribution in [3.63, 3.8) is 0 Å². The number of aliphatic hydroxyl groups excluding tert-OH is 1. The summed E-state index contributed by atoms with van der Waals surface area (Å²) in [6.45, 7) is 5.38. The number of hydrogen-bond acceptors (Lipinski definition) is 5. The monoisotopic (exact) mass is 732 g/mol. The third kappa shape index (κ3) is 8.71. The van der Waals surface area contributed by atoms with E-state index in [0.717, 1.165) is 82.8 Å². The quantitative estimate of drug-likeness (QED) is 0.135. The zero-order valence-electron chi connectivity index (χ0n) is 29.8. The fraction of sp³-hybridized carbons (Fsp3) is 0.821. The number of alkyl halides is 5. The Morgan fingerprint density at radius 2 is 1.48 bits per heavy atom. The van der Waals surface area contributed by atoms with Gasteiger partial charge in [0, 0.05) is 19.3 Å². The van der Waals surface area contributed by atoms with E-state index < -0.39 is 40.5 Å². The van der Waals surface area contributed by atoms with Crippen LogP contribution in [0.1, 0.15) is 134 Å². The first kappa shape index (κ1) is 39.5. The smallest absolute Gasteiger partial charge is 0.453 e. The lowest BCUT2D eigenvalue weighted by Gasteiger charge is -2.62. The fourth-order valence-electron chi connectivity index (χ4n) is 10.6. The van der Waals surface area contributed by atoms with Crippen LogP contribution in [0.25, 0.3) is 0 Å². The van der Waals surface area contributed by atoms with Crippen molar-refractivity contribution in [1.82, 2.24) is 0 Å². The Labute approximate surface area is 295 Å². The Bertz CT molecular complexity index is 1400. The van der Waals surface area contributed by atoms with Crippen LogP contribution in [0.5, 0.6) is 5.75 Å². The summed E-state index contributed by atoms with van der Waals surface area (Å²) in [5, 5.41) is 11.2.